The van der Waals surface area contributed by atoms with Crippen molar-refractivity contribution in [1.82, 2.24) is 10.2 Å². The van der Waals surface area contributed by atoms with E-state index >= 15 is 0 Å². The Kier molecular flexibility index (Phi) is 6.41. The molecule has 1 fully saturated rings. The molecule has 8 heteroatoms. The van der Waals surface area contributed by atoms with Gasteiger partial charge in [-0.05, 0) is 84.2 Å². The highest BCUT2D eigenvalue weighted by Crippen LogP contribution is 2.41. The number of rotatable bonds is 4. The minimum atomic E-state index is -0.882. The van der Waals surface area contributed by atoms with E-state index in [0.717, 1.165) is 30.8 Å². The highest BCUT2D eigenvalue weighted by Gasteiger charge is 2.46. The molecule has 0 bridgehead atoms. The van der Waals surface area contributed by atoms with Crippen LogP contribution in [-0.4, -0.2) is 54.6 Å². The van der Waals surface area contributed by atoms with E-state index in [9.17, 15) is 18.8 Å². The van der Waals surface area contributed by atoms with Crippen LogP contribution in [-0.2, 0) is 19.7 Å². The molecule has 0 aliphatic carbocycles. The summed E-state index contributed by atoms with van der Waals surface area (Å²) in [6.45, 7) is 11.2. The predicted octanol–water partition coefficient (Wildman–Crippen LogP) is 3.21. The molecule has 2 aliphatic rings. The van der Waals surface area contributed by atoms with E-state index in [4.69, 9.17) is 4.74 Å². The summed E-state index contributed by atoms with van der Waals surface area (Å²) in [6.07, 6.45) is 1.65. The molecular weight excluding hydrogens is 401 g/mol. The summed E-state index contributed by atoms with van der Waals surface area (Å²) < 4.78 is 19.1. The molecular formula is C23H32FN3O4. The van der Waals surface area contributed by atoms with Gasteiger partial charge in [0.15, 0.2) is 0 Å². The molecule has 170 valence electrons. The van der Waals surface area contributed by atoms with Crippen LogP contribution in [0.2, 0.25) is 0 Å². The number of carbonyl (C=O) groups excluding carboxylic acids is 3. The molecule has 3 amide bonds. The second-order valence-electron chi connectivity index (χ2n) is 9.92. The first-order chi connectivity index (χ1) is 14.4. The van der Waals surface area contributed by atoms with Gasteiger partial charge < -0.3 is 10.1 Å². The number of carbonyl (C=O) groups is 3. The van der Waals surface area contributed by atoms with Crippen LogP contribution in [0, 0.1) is 11.7 Å². The Morgan fingerprint density at radius 2 is 1.87 bits per heavy atom. The summed E-state index contributed by atoms with van der Waals surface area (Å²) in [5.41, 5.74) is -0.430. The predicted molar refractivity (Wildman–Crippen MR) is 115 cm³/mol. The molecule has 0 radical (unpaired) electrons. The van der Waals surface area contributed by atoms with Crippen molar-refractivity contribution in [2.75, 3.05) is 31.1 Å². The van der Waals surface area contributed by atoms with Gasteiger partial charge in [0.25, 0.3) is 0 Å². The zero-order chi connectivity index (χ0) is 23.0. The third-order valence-corrected chi connectivity index (χ3v) is 5.84. The van der Waals surface area contributed by atoms with Crippen LogP contribution in [0.1, 0.15) is 53.0 Å². The number of nitrogens with zero attached hydrogens (tertiary/aromatic N) is 2. The molecule has 0 atom stereocenters. The number of anilines is 1. The molecule has 0 unspecified atom stereocenters. The third kappa shape index (κ3) is 5.23. The van der Waals surface area contributed by atoms with E-state index in [0.29, 0.717) is 17.8 Å². The Labute approximate surface area is 182 Å². The number of nitrogens with one attached hydrogen (secondary N) is 1. The van der Waals surface area contributed by atoms with Gasteiger partial charge in [0.1, 0.15) is 11.4 Å². The van der Waals surface area contributed by atoms with Crippen LogP contribution >= 0.6 is 0 Å². The van der Waals surface area contributed by atoms with Crippen molar-refractivity contribution in [3.63, 3.8) is 0 Å². The van der Waals surface area contributed by atoms with Gasteiger partial charge in [-0.3, -0.25) is 14.5 Å². The van der Waals surface area contributed by atoms with Gasteiger partial charge in [-0.25, -0.2) is 14.1 Å². The first kappa shape index (κ1) is 23.2. The Morgan fingerprint density at radius 3 is 2.48 bits per heavy atom. The molecule has 0 spiro atoms. The summed E-state index contributed by atoms with van der Waals surface area (Å²) in [7, 11) is 0. The number of imide groups is 1. The highest BCUT2D eigenvalue weighted by molar-refractivity contribution is 6.22. The molecule has 0 aromatic heterocycles. The van der Waals surface area contributed by atoms with Crippen molar-refractivity contribution in [1.29, 1.82) is 0 Å². The number of likely N-dealkylation sites (tertiary alicyclic amines) is 1. The Bertz CT molecular complexity index is 870. The first-order valence-corrected chi connectivity index (χ1v) is 10.7. The average molecular weight is 434 g/mol. The molecule has 1 aromatic carbocycles. The fraction of sp³-hybridized carbons (Fsp3) is 0.609. The largest absolute Gasteiger partial charge is 0.459 e. The maximum absolute atomic E-state index is 13.8. The second kappa shape index (κ2) is 8.57. The van der Waals surface area contributed by atoms with Crippen molar-refractivity contribution < 1.29 is 23.5 Å². The topological polar surface area (TPSA) is 79.0 Å². The fourth-order valence-electron chi connectivity index (χ4n) is 4.14. The van der Waals surface area contributed by atoms with Crippen molar-refractivity contribution in [3.8, 4) is 0 Å². The number of esters is 1. The molecule has 2 aliphatic heterocycles. The number of benzene rings is 1. The molecule has 0 saturated carbocycles. The molecule has 31 heavy (non-hydrogen) atoms. The van der Waals surface area contributed by atoms with E-state index in [1.807, 2.05) is 20.8 Å². The van der Waals surface area contributed by atoms with Gasteiger partial charge in [-0.2, -0.15) is 0 Å². The van der Waals surface area contributed by atoms with Gasteiger partial charge in [-0.15, -0.1) is 0 Å². The maximum Gasteiger partial charge on any atom is 0.328 e. The molecule has 7 nitrogen and oxygen atoms in total. The smallest absolute Gasteiger partial charge is 0.328 e. The Balaban J connectivity index is 1.52. The first-order valence-electron chi connectivity index (χ1n) is 10.7. The van der Waals surface area contributed by atoms with Gasteiger partial charge in [-0.1, -0.05) is 6.07 Å². The van der Waals surface area contributed by atoms with Crippen LogP contribution in [0.3, 0.4) is 0 Å². The number of hydrogen-bond acceptors (Lipinski definition) is 5. The fourth-order valence-corrected chi connectivity index (χ4v) is 4.14. The summed E-state index contributed by atoms with van der Waals surface area (Å²) in [5.74, 6) is -0.839. The summed E-state index contributed by atoms with van der Waals surface area (Å²) in [6, 6.07) is 3.58. The monoisotopic (exact) mass is 433 g/mol. The zero-order valence-electron chi connectivity index (χ0n) is 19.0. The lowest BCUT2D eigenvalue weighted by Gasteiger charge is -2.32. The van der Waals surface area contributed by atoms with Crippen molar-refractivity contribution in [3.05, 3.63) is 29.6 Å². The second-order valence-corrected chi connectivity index (χ2v) is 9.92. The van der Waals surface area contributed by atoms with Gasteiger partial charge in [0, 0.05) is 6.54 Å². The number of urea groups is 1. The normalized spacial score (nSPS) is 19.3. The number of ether oxygens (including phenoxy) is 1. The van der Waals surface area contributed by atoms with Crippen LogP contribution < -0.4 is 10.2 Å². The number of piperidine rings is 1. The Hall–Kier alpha value is -2.48. The number of amides is 3. The van der Waals surface area contributed by atoms with E-state index in [1.165, 1.54) is 12.1 Å². The quantitative estimate of drug-likeness (QED) is 0.738. The maximum atomic E-state index is 13.8. The minimum absolute atomic E-state index is 0.236. The third-order valence-electron chi connectivity index (χ3n) is 5.84. The van der Waals surface area contributed by atoms with Gasteiger partial charge >= 0.3 is 12.0 Å². The average Bonchev–Trinajstić information content (AvgIpc) is 2.85. The van der Waals surface area contributed by atoms with E-state index in [-0.39, 0.29) is 24.3 Å². The van der Waals surface area contributed by atoms with Gasteiger partial charge in [0.05, 0.1) is 17.6 Å². The number of hydrogen-bond donors (Lipinski definition) is 1. The van der Waals surface area contributed by atoms with Gasteiger partial charge in [0.2, 0.25) is 5.91 Å². The lowest BCUT2D eigenvalue weighted by Crippen LogP contribution is -2.48. The van der Waals surface area contributed by atoms with Crippen LogP contribution in [0.15, 0.2) is 18.2 Å². The lowest BCUT2D eigenvalue weighted by molar-refractivity contribution is -0.156. The zero-order valence-corrected chi connectivity index (χ0v) is 19.0. The number of halogens is 1. The molecule has 1 aromatic rings. The highest BCUT2D eigenvalue weighted by atomic mass is 19.1. The van der Waals surface area contributed by atoms with E-state index in [1.54, 1.807) is 19.9 Å². The SMILES string of the molecule is CC(C)(C)OC(=O)CN1CCC(CNC(=O)N2C(=O)C(C)(C)c3ccc(F)cc32)CC1. The molecule has 1 N–H and O–H groups in total. The van der Waals surface area contributed by atoms with Crippen LogP contribution in [0.25, 0.3) is 0 Å². The van der Waals surface area contributed by atoms with Crippen molar-refractivity contribution >= 4 is 23.6 Å². The van der Waals surface area contributed by atoms with Crippen molar-refractivity contribution in [2.24, 2.45) is 5.92 Å². The van der Waals surface area contributed by atoms with Crippen molar-refractivity contribution in [2.45, 2.75) is 58.5 Å². The Morgan fingerprint density at radius 1 is 1.23 bits per heavy atom. The van der Waals surface area contributed by atoms with E-state index in [2.05, 4.69) is 10.2 Å². The number of fused-ring (bicyclic) bond motifs is 1. The van der Waals surface area contributed by atoms with Crippen LogP contribution in [0.4, 0.5) is 14.9 Å². The summed E-state index contributed by atoms with van der Waals surface area (Å²) in [5, 5.41) is 2.84. The standard InChI is InChI=1S/C23H32FN3O4/c1-22(2,3)31-19(28)14-26-10-8-15(9-11-26)13-25-21(30)27-18-12-16(24)6-7-17(18)23(4,5)20(27)29/h6-7,12,15H,8-11,13-14H2,1-5H3,(H,25,30). The summed E-state index contributed by atoms with van der Waals surface area (Å²) >= 11 is 0. The van der Waals surface area contributed by atoms with Crippen LogP contribution in [0.5, 0.6) is 0 Å². The lowest BCUT2D eigenvalue weighted by atomic mass is 9.86. The van der Waals surface area contributed by atoms with E-state index < -0.39 is 22.9 Å². The minimum Gasteiger partial charge on any atom is -0.459 e. The molecule has 1 saturated heterocycles. The summed E-state index contributed by atoms with van der Waals surface area (Å²) in [4.78, 5) is 40.7. The molecule has 3 rings (SSSR count). The molecule has 2 heterocycles.